The van der Waals surface area contributed by atoms with Crippen LogP contribution >= 0.6 is 0 Å². The summed E-state index contributed by atoms with van der Waals surface area (Å²) >= 11 is 0. The summed E-state index contributed by atoms with van der Waals surface area (Å²) in [5.74, 6) is 0.730. The van der Waals surface area contributed by atoms with E-state index in [2.05, 4.69) is 66.2 Å². The van der Waals surface area contributed by atoms with Gasteiger partial charge in [0.15, 0.2) is 0 Å². The third-order valence-corrected chi connectivity index (χ3v) is 4.21. The molecule has 1 aliphatic carbocycles. The maximum absolute atomic E-state index is 4.02. The van der Waals surface area contributed by atoms with Crippen LogP contribution in [0.15, 0.2) is 60.7 Å². The van der Waals surface area contributed by atoms with E-state index in [0.717, 1.165) is 12.3 Å². The maximum atomic E-state index is 4.02. The minimum Gasteiger partial charge on any atom is -0.354 e. The molecule has 0 saturated heterocycles. The van der Waals surface area contributed by atoms with Gasteiger partial charge in [-0.1, -0.05) is 54.6 Å². The first-order valence-electron chi connectivity index (χ1n) is 7.16. The highest BCUT2D eigenvalue weighted by atomic mass is 14.7. The first-order chi connectivity index (χ1) is 9.83. The molecular formula is C19H17N. The van der Waals surface area contributed by atoms with Gasteiger partial charge in [0.05, 0.1) is 0 Å². The lowest BCUT2D eigenvalue weighted by atomic mass is 10.1. The first-order valence-corrected chi connectivity index (χ1v) is 7.16. The molecule has 1 aliphatic rings. The van der Waals surface area contributed by atoms with Gasteiger partial charge >= 0.3 is 0 Å². The molecule has 1 heterocycles. The fourth-order valence-corrected chi connectivity index (χ4v) is 2.94. The summed E-state index contributed by atoms with van der Waals surface area (Å²) in [4.78, 5) is 3.49. The van der Waals surface area contributed by atoms with Crippen LogP contribution in [-0.4, -0.2) is 4.98 Å². The Morgan fingerprint density at radius 1 is 1.10 bits per heavy atom. The molecule has 0 bridgehead atoms. The lowest BCUT2D eigenvalue weighted by Crippen LogP contribution is -1.76. The van der Waals surface area contributed by atoms with E-state index in [1.807, 2.05) is 0 Å². The molecule has 0 spiro atoms. The van der Waals surface area contributed by atoms with Crippen LogP contribution in [-0.2, 0) is 0 Å². The minimum absolute atomic E-state index is 0.730. The molecule has 1 atom stereocenters. The molecule has 0 radical (unpaired) electrons. The maximum Gasteiger partial charge on any atom is 0.0470 e. The smallest absolute Gasteiger partial charge is 0.0470 e. The van der Waals surface area contributed by atoms with Gasteiger partial charge in [-0.3, -0.25) is 0 Å². The van der Waals surface area contributed by atoms with Crippen molar-refractivity contribution in [3.63, 3.8) is 0 Å². The van der Waals surface area contributed by atoms with Crippen LogP contribution in [0.5, 0.6) is 0 Å². The van der Waals surface area contributed by atoms with Gasteiger partial charge in [-0.25, -0.2) is 0 Å². The topological polar surface area (TPSA) is 15.8 Å². The van der Waals surface area contributed by atoms with Crippen molar-refractivity contribution >= 4 is 27.9 Å². The van der Waals surface area contributed by atoms with E-state index in [4.69, 9.17) is 0 Å². The quantitative estimate of drug-likeness (QED) is 0.614. The van der Waals surface area contributed by atoms with Crippen LogP contribution in [0.2, 0.25) is 0 Å². The summed E-state index contributed by atoms with van der Waals surface area (Å²) in [6.45, 7) is 4.02. The zero-order valence-electron chi connectivity index (χ0n) is 11.4. The van der Waals surface area contributed by atoms with E-state index in [-0.39, 0.29) is 0 Å². The van der Waals surface area contributed by atoms with Crippen molar-refractivity contribution in [2.45, 2.75) is 12.8 Å². The minimum atomic E-state index is 0.730. The zero-order chi connectivity index (χ0) is 13.5. The van der Waals surface area contributed by atoms with Gasteiger partial charge in [0.25, 0.3) is 0 Å². The van der Waals surface area contributed by atoms with Crippen molar-refractivity contribution < 1.29 is 0 Å². The van der Waals surface area contributed by atoms with E-state index in [1.165, 1.54) is 39.4 Å². The fourth-order valence-electron chi connectivity index (χ4n) is 2.94. The number of hydrogen-bond donors (Lipinski definition) is 1. The molecule has 1 nitrogen and oxygen atoms in total. The van der Waals surface area contributed by atoms with Gasteiger partial charge < -0.3 is 4.98 Å². The lowest BCUT2D eigenvalue weighted by Gasteiger charge is -1.98. The SMILES string of the molecule is C=C1CC1C/C=C\c1cccc2[nH]c3ccccc3c12. The Morgan fingerprint density at radius 2 is 1.90 bits per heavy atom. The van der Waals surface area contributed by atoms with Gasteiger partial charge in [-0.05, 0) is 36.5 Å². The molecule has 1 saturated carbocycles. The average Bonchev–Trinajstić information content (AvgIpc) is 3.02. The molecule has 4 rings (SSSR count). The van der Waals surface area contributed by atoms with Crippen LogP contribution in [0.25, 0.3) is 27.9 Å². The number of rotatable bonds is 3. The first kappa shape index (κ1) is 11.5. The highest BCUT2D eigenvalue weighted by Crippen LogP contribution is 2.39. The number of benzene rings is 2. The largest absolute Gasteiger partial charge is 0.354 e. The summed E-state index contributed by atoms with van der Waals surface area (Å²) in [5, 5.41) is 2.63. The molecule has 1 unspecified atom stereocenters. The molecule has 0 amide bonds. The average molecular weight is 259 g/mol. The van der Waals surface area contributed by atoms with Gasteiger partial charge in [-0.15, -0.1) is 0 Å². The van der Waals surface area contributed by atoms with E-state index in [1.54, 1.807) is 0 Å². The van der Waals surface area contributed by atoms with Crippen LogP contribution in [0.4, 0.5) is 0 Å². The monoisotopic (exact) mass is 259 g/mol. The van der Waals surface area contributed by atoms with E-state index in [0.29, 0.717) is 0 Å². The third kappa shape index (κ3) is 1.87. The lowest BCUT2D eigenvalue weighted by molar-refractivity contribution is 0.897. The Morgan fingerprint density at radius 3 is 2.75 bits per heavy atom. The van der Waals surface area contributed by atoms with Gasteiger partial charge in [0, 0.05) is 21.8 Å². The normalized spacial score (nSPS) is 18.4. The molecular weight excluding hydrogens is 242 g/mol. The van der Waals surface area contributed by atoms with Crippen LogP contribution < -0.4 is 0 Å². The Bertz CT molecular complexity index is 835. The van der Waals surface area contributed by atoms with E-state index >= 15 is 0 Å². The molecule has 1 fully saturated rings. The summed E-state index contributed by atoms with van der Waals surface area (Å²) in [6.07, 6.45) is 6.88. The molecule has 1 heteroatoms. The molecule has 2 aromatic carbocycles. The molecule has 3 aromatic rings. The molecule has 20 heavy (non-hydrogen) atoms. The number of aromatic nitrogens is 1. The van der Waals surface area contributed by atoms with Gasteiger partial charge in [0.2, 0.25) is 0 Å². The molecule has 0 aliphatic heterocycles. The number of H-pyrrole nitrogens is 1. The second kappa shape index (κ2) is 4.38. The van der Waals surface area contributed by atoms with Crippen LogP contribution in [0.1, 0.15) is 18.4 Å². The van der Waals surface area contributed by atoms with Crippen molar-refractivity contribution in [3.8, 4) is 0 Å². The van der Waals surface area contributed by atoms with Crippen molar-refractivity contribution in [3.05, 3.63) is 66.3 Å². The van der Waals surface area contributed by atoms with Crippen molar-refractivity contribution in [1.29, 1.82) is 0 Å². The van der Waals surface area contributed by atoms with Crippen molar-refractivity contribution in [2.24, 2.45) is 5.92 Å². The van der Waals surface area contributed by atoms with Crippen molar-refractivity contribution in [2.75, 3.05) is 0 Å². The number of allylic oxidation sites excluding steroid dienone is 2. The molecule has 1 N–H and O–H groups in total. The Labute approximate surface area is 118 Å². The van der Waals surface area contributed by atoms with Crippen LogP contribution in [0, 0.1) is 5.92 Å². The Hall–Kier alpha value is -2.28. The molecule has 98 valence electrons. The second-order valence-electron chi connectivity index (χ2n) is 5.64. The summed E-state index contributed by atoms with van der Waals surface area (Å²) in [6, 6.07) is 15.0. The predicted molar refractivity (Wildman–Crippen MR) is 86.7 cm³/mol. The predicted octanol–water partition coefficient (Wildman–Crippen LogP) is 5.30. The Kier molecular flexibility index (Phi) is 2.53. The third-order valence-electron chi connectivity index (χ3n) is 4.21. The highest BCUT2D eigenvalue weighted by molar-refractivity contribution is 6.10. The zero-order valence-corrected chi connectivity index (χ0v) is 11.4. The number of nitrogens with one attached hydrogen (secondary N) is 1. The number of para-hydroxylation sites is 1. The second-order valence-corrected chi connectivity index (χ2v) is 5.64. The molecule has 1 aromatic heterocycles. The van der Waals surface area contributed by atoms with Gasteiger partial charge in [-0.2, -0.15) is 0 Å². The van der Waals surface area contributed by atoms with E-state index in [9.17, 15) is 0 Å². The standard InChI is InChI=1S/C19H17N/c1-13-12-15(13)8-4-6-14-7-5-11-18-19(14)16-9-2-3-10-17(16)20-18/h2-7,9-11,15,20H,1,8,12H2/b6-4-. The fraction of sp³-hybridized carbons (Fsp3) is 0.158. The summed E-state index contributed by atoms with van der Waals surface area (Å²) < 4.78 is 0. The number of aromatic amines is 1. The summed E-state index contributed by atoms with van der Waals surface area (Å²) in [7, 11) is 0. The number of hydrogen-bond acceptors (Lipinski definition) is 0. The number of fused-ring (bicyclic) bond motifs is 3. The van der Waals surface area contributed by atoms with Crippen LogP contribution in [0.3, 0.4) is 0 Å². The van der Waals surface area contributed by atoms with Crippen molar-refractivity contribution in [1.82, 2.24) is 4.98 Å². The highest BCUT2D eigenvalue weighted by Gasteiger charge is 2.25. The van der Waals surface area contributed by atoms with Gasteiger partial charge in [0.1, 0.15) is 0 Å². The summed E-state index contributed by atoms with van der Waals surface area (Å²) in [5.41, 5.74) is 5.12. The Balaban J connectivity index is 1.79. The van der Waals surface area contributed by atoms with E-state index < -0.39 is 0 Å².